The zero-order valence-corrected chi connectivity index (χ0v) is 16.9. The molecule has 0 saturated carbocycles. The van der Waals surface area contributed by atoms with Gasteiger partial charge < -0.3 is 9.88 Å². The number of benzene rings is 1. The van der Waals surface area contributed by atoms with Crippen molar-refractivity contribution >= 4 is 21.8 Å². The Morgan fingerprint density at radius 3 is 2.65 bits per heavy atom. The van der Waals surface area contributed by atoms with Gasteiger partial charge in [-0.25, -0.2) is 0 Å². The smallest absolute Gasteiger partial charge is 0.268 e. The lowest BCUT2D eigenvalue weighted by atomic mass is 10.1. The van der Waals surface area contributed by atoms with Crippen molar-refractivity contribution in [2.45, 2.75) is 40.4 Å². The first kappa shape index (κ1) is 18.5. The molecule has 3 rings (SSSR count). The third-order valence-electron chi connectivity index (χ3n) is 4.32. The molecule has 1 aromatic carbocycles. The van der Waals surface area contributed by atoms with Crippen LogP contribution in [-0.2, 0) is 19.6 Å². The summed E-state index contributed by atoms with van der Waals surface area (Å²) in [5.74, 6) is -0.0681. The van der Waals surface area contributed by atoms with Crippen molar-refractivity contribution in [2.75, 3.05) is 0 Å². The van der Waals surface area contributed by atoms with Gasteiger partial charge in [0.15, 0.2) is 0 Å². The average Bonchev–Trinajstić information content (AvgIpc) is 3.14. The van der Waals surface area contributed by atoms with E-state index in [9.17, 15) is 4.79 Å². The number of nitrogens with one attached hydrogen (secondary N) is 1. The van der Waals surface area contributed by atoms with E-state index in [1.807, 2.05) is 47.5 Å². The molecule has 1 N–H and O–H groups in total. The number of aromatic nitrogens is 3. The molecular formula is C20H23BrN4O. The second-order valence-corrected chi connectivity index (χ2v) is 7.33. The van der Waals surface area contributed by atoms with Crippen LogP contribution in [-0.4, -0.2) is 20.3 Å². The molecule has 0 unspecified atom stereocenters. The number of hydrogen-bond acceptors (Lipinski definition) is 2. The third-order valence-corrected chi connectivity index (χ3v) is 4.75. The molecular weight excluding hydrogens is 392 g/mol. The molecule has 26 heavy (non-hydrogen) atoms. The van der Waals surface area contributed by atoms with Gasteiger partial charge in [-0.2, -0.15) is 5.10 Å². The summed E-state index contributed by atoms with van der Waals surface area (Å²) in [7, 11) is 0. The van der Waals surface area contributed by atoms with Crippen LogP contribution in [0, 0.1) is 13.8 Å². The molecule has 0 radical (unpaired) electrons. The molecule has 0 fully saturated rings. The molecule has 2 heterocycles. The molecule has 0 aliphatic heterocycles. The van der Waals surface area contributed by atoms with Gasteiger partial charge in [-0.15, -0.1) is 0 Å². The number of rotatable bonds is 6. The van der Waals surface area contributed by atoms with E-state index in [2.05, 4.69) is 51.5 Å². The molecule has 0 bridgehead atoms. The number of hydrogen-bond donors (Lipinski definition) is 1. The summed E-state index contributed by atoms with van der Waals surface area (Å²) >= 11 is 3.43. The van der Waals surface area contributed by atoms with Gasteiger partial charge in [0.2, 0.25) is 0 Å². The first-order valence-corrected chi connectivity index (χ1v) is 9.48. The Balaban J connectivity index is 1.67. The summed E-state index contributed by atoms with van der Waals surface area (Å²) in [6.45, 7) is 8.06. The highest BCUT2D eigenvalue weighted by molar-refractivity contribution is 9.10. The van der Waals surface area contributed by atoms with Crippen LogP contribution in [0.3, 0.4) is 0 Å². The largest absolute Gasteiger partial charge is 0.347 e. The van der Waals surface area contributed by atoms with Crippen molar-refractivity contribution < 1.29 is 4.79 Å². The molecule has 3 aromatic rings. The predicted molar refractivity (Wildman–Crippen MR) is 106 cm³/mol. The van der Waals surface area contributed by atoms with Gasteiger partial charge in [0.05, 0.1) is 12.2 Å². The van der Waals surface area contributed by atoms with Gasteiger partial charge in [0.1, 0.15) is 5.69 Å². The zero-order valence-electron chi connectivity index (χ0n) is 15.3. The number of halogens is 1. The summed E-state index contributed by atoms with van der Waals surface area (Å²) in [5.41, 5.74) is 5.08. The number of carbonyl (C=O) groups is 1. The maximum Gasteiger partial charge on any atom is 0.268 e. The van der Waals surface area contributed by atoms with Crippen molar-refractivity contribution in [2.24, 2.45) is 0 Å². The van der Waals surface area contributed by atoms with Crippen molar-refractivity contribution in [3.05, 3.63) is 75.3 Å². The lowest BCUT2D eigenvalue weighted by Gasteiger charge is -2.10. The first-order valence-electron chi connectivity index (χ1n) is 8.69. The highest BCUT2D eigenvalue weighted by atomic mass is 79.9. The quantitative estimate of drug-likeness (QED) is 0.660. The van der Waals surface area contributed by atoms with Crippen molar-refractivity contribution in [1.29, 1.82) is 0 Å². The first-order chi connectivity index (χ1) is 12.5. The molecule has 5 nitrogen and oxygen atoms in total. The number of nitrogens with zero attached hydrogens (tertiary/aromatic N) is 3. The molecule has 136 valence electrons. The van der Waals surface area contributed by atoms with Crippen molar-refractivity contribution in [3.63, 3.8) is 0 Å². The Morgan fingerprint density at radius 2 is 1.96 bits per heavy atom. The van der Waals surface area contributed by atoms with Crippen LogP contribution in [0.4, 0.5) is 0 Å². The summed E-state index contributed by atoms with van der Waals surface area (Å²) in [6, 6.07) is 12.2. The summed E-state index contributed by atoms with van der Waals surface area (Å²) < 4.78 is 4.84. The molecule has 0 atom stereocenters. The van der Waals surface area contributed by atoms with Crippen LogP contribution >= 0.6 is 15.9 Å². The van der Waals surface area contributed by atoms with Gasteiger partial charge in [-0.1, -0.05) is 24.3 Å². The van der Waals surface area contributed by atoms with Gasteiger partial charge >= 0.3 is 0 Å². The van der Waals surface area contributed by atoms with E-state index in [-0.39, 0.29) is 5.91 Å². The Labute approximate surface area is 162 Å². The molecule has 2 aromatic heterocycles. The fourth-order valence-corrected chi connectivity index (χ4v) is 3.51. The second kappa shape index (κ2) is 7.91. The fourth-order valence-electron chi connectivity index (χ4n) is 3.05. The molecule has 0 saturated heterocycles. The number of carbonyl (C=O) groups excluding carboxylic acids is 1. The SMILES string of the molecule is CCn1cc(Br)cc1C(=O)NCc1cccc(Cn2nc(C)cc2C)c1. The lowest BCUT2D eigenvalue weighted by Crippen LogP contribution is -2.25. The van der Waals surface area contributed by atoms with Crippen LogP contribution in [0.15, 0.2) is 47.1 Å². The van der Waals surface area contributed by atoms with Crippen LogP contribution in [0.1, 0.15) is 39.9 Å². The molecule has 0 aliphatic carbocycles. The summed E-state index contributed by atoms with van der Waals surface area (Å²) in [6.07, 6.45) is 1.92. The summed E-state index contributed by atoms with van der Waals surface area (Å²) in [4.78, 5) is 12.5. The van der Waals surface area contributed by atoms with E-state index >= 15 is 0 Å². The maximum absolute atomic E-state index is 12.5. The van der Waals surface area contributed by atoms with E-state index in [4.69, 9.17) is 0 Å². The standard InChI is InChI=1S/C20H23BrN4O/c1-4-24-13-18(21)10-19(24)20(26)22-11-16-6-5-7-17(9-16)12-25-15(3)8-14(2)23-25/h5-10,13H,4,11-12H2,1-3H3,(H,22,26). The van der Waals surface area contributed by atoms with Gasteiger partial charge in [-0.3, -0.25) is 9.48 Å². The van der Waals surface area contributed by atoms with Crippen LogP contribution < -0.4 is 5.32 Å². The molecule has 0 spiro atoms. The topological polar surface area (TPSA) is 51.9 Å². The minimum absolute atomic E-state index is 0.0681. The fraction of sp³-hybridized carbons (Fsp3) is 0.300. The van der Waals surface area contributed by atoms with E-state index < -0.39 is 0 Å². The molecule has 0 aliphatic rings. The highest BCUT2D eigenvalue weighted by Gasteiger charge is 2.12. The Kier molecular flexibility index (Phi) is 5.61. The highest BCUT2D eigenvalue weighted by Crippen LogP contribution is 2.15. The van der Waals surface area contributed by atoms with Gasteiger partial charge in [0.25, 0.3) is 5.91 Å². The Bertz CT molecular complexity index is 926. The van der Waals surface area contributed by atoms with Crippen molar-refractivity contribution in [1.82, 2.24) is 19.7 Å². The number of amides is 1. The maximum atomic E-state index is 12.5. The predicted octanol–water partition coefficient (Wildman–Crippen LogP) is 4.06. The van der Waals surface area contributed by atoms with Crippen LogP contribution in [0.25, 0.3) is 0 Å². The summed E-state index contributed by atoms with van der Waals surface area (Å²) in [5, 5.41) is 7.52. The minimum Gasteiger partial charge on any atom is -0.347 e. The van der Waals surface area contributed by atoms with E-state index in [1.165, 1.54) is 5.56 Å². The van der Waals surface area contributed by atoms with E-state index in [0.717, 1.165) is 34.5 Å². The van der Waals surface area contributed by atoms with Crippen LogP contribution in [0.5, 0.6) is 0 Å². The third kappa shape index (κ3) is 4.25. The normalized spacial score (nSPS) is 10.9. The van der Waals surface area contributed by atoms with Crippen LogP contribution in [0.2, 0.25) is 0 Å². The van der Waals surface area contributed by atoms with Crippen molar-refractivity contribution in [3.8, 4) is 0 Å². The lowest BCUT2D eigenvalue weighted by molar-refractivity contribution is 0.0941. The van der Waals surface area contributed by atoms with E-state index in [1.54, 1.807) is 0 Å². The zero-order chi connectivity index (χ0) is 18.7. The monoisotopic (exact) mass is 414 g/mol. The van der Waals surface area contributed by atoms with Gasteiger partial charge in [-0.05, 0) is 60.0 Å². The Hall–Kier alpha value is -2.34. The minimum atomic E-state index is -0.0681. The van der Waals surface area contributed by atoms with Gasteiger partial charge in [0, 0.05) is 29.5 Å². The molecule has 6 heteroatoms. The second-order valence-electron chi connectivity index (χ2n) is 6.42. The van der Waals surface area contributed by atoms with E-state index in [0.29, 0.717) is 12.2 Å². The average molecular weight is 415 g/mol. The molecule has 1 amide bonds. The Morgan fingerprint density at radius 1 is 1.19 bits per heavy atom. The number of aryl methyl sites for hydroxylation is 3.